The Bertz CT molecular complexity index is 1090. The summed E-state index contributed by atoms with van der Waals surface area (Å²) in [5.74, 6) is 0. The van der Waals surface area contributed by atoms with Crippen LogP contribution in [0.3, 0.4) is 0 Å². The predicted octanol–water partition coefficient (Wildman–Crippen LogP) is 7.07. The number of alkyl halides is 3. The molecule has 1 aromatic heterocycles. The molecule has 4 rings (SSSR count). The van der Waals surface area contributed by atoms with Gasteiger partial charge in [-0.15, -0.1) is 0 Å². The molecular formula is C24H23ClF3N3S. The molecule has 0 atom stereocenters. The monoisotopic (exact) mass is 477 g/mol. The average molecular weight is 478 g/mol. The SMILES string of the molecule is CC1(C)CN(c2ccc(SC(F)(F)F)cc2)CN1Cc1ccncc1-c1cccc(Cl)c1. The Kier molecular flexibility index (Phi) is 6.43. The number of aromatic nitrogens is 1. The van der Waals surface area contributed by atoms with Gasteiger partial charge in [-0.3, -0.25) is 9.88 Å². The number of hydrogen-bond donors (Lipinski definition) is 0. The fourth-order valence-corrected chi connectivity index (χ4v) is 4.72. The zero-order chi connectivity index (χ0) is 22.9. The summed E-state index contributed by atoms with van der Waals surface area (Å²) in [6.45, 7) is 6.53. The second kappa shape index (κ2) is 8.96. The minimum absolute atomic E-state index is 0.0897. The zero-order valence-electron chi connectivity index (χ0n) is 17.7. The van der Waals surface area contributed by atoms with E-state index in [0.717, 1.165) is 35.5 Å². The van der Waals surface area contributed by atoms with Crippen LogP contribution in [0.5, 0.6) is 0 Å². The Morgan fingerprint density at radius 1 is 1.09 bits per heavy atom. The lowest BCUT2D eigenvalue weighted by Gasteiger charge is -2.30. The largest absolute Gasteiger partial charge is 0.446 e. The van der Waals surface area contributed by atoms with E-state index in [1.165, 1.54) is 12.1 Å². The summed E-state index contributed by atoms with van der Waals surface area (Å²) in [4.78, 5) is 9.06. The van der Waals surface area contributed by atoms with Gasteiger partial charge in [-0.1, -0.05) is 23.7 Å². The first-order valence-corrected chi connectivity index (χ1v) is 11.3. The van der Waals surface area contributed by atoms with E-state index >= 15 is 0 Å². The van der Waals surface area contributed by atoms with Crippen molar-refractivity contribution >= 4 is 29.1 Å². The maximum absolute atomic E-state index is 12.6. The van der Waals surface area contributed by atoms with E-state index in [4.69, 9.17) is 11.6 Å². The predicted molar refractivity (Wildman–Crippen MR) is 125 cm³/mol. The Morgan fingerprint density at radius 3 is 2.53 bits per heavy atom. The Labute approximate surface area is 195 Å². The van der Waals surface area contributed by atoms with Crippen LogP contribution in [-0.2, 0) is 6.54 Å². The molecule has 0 radical (unpaired) electrons. The van der Waals surface area contributed by atoms with E-state index in [2.05, 4.69) is 28.6 Å². The van der Waals surface area contributed by atoms with Gasteiger partial charge in [-0.25, -0.2) is 0 Å². The number of benzene rings is 2. The third kappa shape index (κ3) is 5.39. The summed E-state index contributed by atoms with van der Waals surface area (Å²) in [5, 5.41) is 0.678. The highest BCUT2D eigenvalue weighted by atomic mass is 35.5. The van der Waals surface area contributed by atoms with Crippen LogP contribution in [0.2, 0.25) is 5.02 Å². The van der Waals surface area contributed by atoms with Crippen LogP contribution >= 0.6 is 23.4 Å². The molecule has 168 valence electrons. The van der Waals surface area contributed by atoms with Crippen LogP contribution in [-0.4, -0.2) is 34.1 Å². The van der Waals surface area contributed by atoms with E-state index in [9.17, 15) is 13.2 Å². The van der Waals surface area contributed by atoms with Crippen molar-refractivity contribution in [3.8, 4) is 11.1 Å². The van der Waals surface area contributed by atoms with Crippen molar-refractivity contribution in [3.63, 3.8) is 0 Å². The molecule has 0 saturated carbocycles. The van der Waals surface area contributed by atoms with Crippen LogP contribution in [0, 0.1) is 0 Å². The highest BCUT2D eigenvalue weighted by molar-refractivity contribution is 8.00. The molecule has 0 unspecified atom stereocenters. The fourth-order valence-electron chi connectivity index (χ4n) is 3.99. The van der Waals surface area contributed by atoms with Gasteiger partial charge >= 0.3 is 5.51 Å². The van der Waals surface area contributed by atoms with Gasteiger partial charge in [0.1, 0.15) is 0 Å². The number of anilines is 1. The van der Waals surface area contributed by atoms with Crippen molar-refractivity contribution in [3.05, 3.63) is 77.6 Å². The number of pyridine rings is 1. The lowest BCUT2D eigenvalue weighted by Crippen LogP contribution is -2.39. The summed E-state index contributed by atoms with van der Waals surface area (Å²) in [7, 11) is 0. The fraction of sp³-hybridized carbons (Fsp3) is 0.292. The van der Waals surface area contributed by atoms with Crippen molar-refractivity contribution in [2.75, 3.05) is 18.1 Å². The third-order valence-corrected chi connectivity index (χ3v) is 6.59. The summed E-state index contributed by atoms with van der Waals surface area (Å²) in [6, 6.07) is 16.3. The molecule has 0 aliphatic carbocycles. The average Bonchev–Trinajstić information content (AvgIpc) is 3.02. The number of halogens is 4. The maximum atomic E-state index is 12.6. The highest BCUT2D eigenvalue weighted by Crippen LogP contribution is 2.38. The smallest absolute Gasteiger partial charge is 0.357 e. The van der Waals surface area contributed by atoms with Gasteiger partial charge in [-0.2, -0.15) is 13.2 Å². The van der Waals surface area contributed by atoms with Crippen LogP contribution in [0.15, 0.2) is 71.9 Å². The first-order valence-electron chi connectivity index (χ1n) is 10.2. The van der Waals surface area contributed by atoms with Gasteiger partial charge < -0.3 is 4.90 Å². The van der Waals surface area contributed by atoms with Crippen molar-refractivity contribution in [2.45, 2.75) is 36.3 Å². The van der Waals surface area contributed by atoms with E-state index in [1.807, 2.05) is 36.5 Å². The molecule has 1 aliphatic heterocycles. The van der Waals surface area contributed by atoms with E-state index in [-0.39, 0.29) is 22.2 Å². The second-order valence-corrected chi connectivity index (χ2v) is 10.0. The van der Waals surface area contributed by atoms with Gasteiger partial charge in [-0.05, 0) is 79.2 Å². The quantitative estimate of drug-likeness (QED) is 0.366. The van der Waals surface area contributed by atoms with E-state index in [1.54, 1.807) is 18.3 Å². The minimum atomic E-state index is -4.28. The van der Waals surface area contributed by atoms with Crippen LogP contribution in [0.1, 0.15) is 19.4 Å². The molecule has 8 heteroatoms. The van der Waals surface area contributed by atoms with Crippen LogP contribution in [0.25, 0.3) is 11.1 Å². The van der Waals surface area contributed by atoms with Gasteiger partial charge in [0.05, 0.1) is 6.67 Å². The maximum Gasteiger partial charge on any atom is 0.446 e. The summed E-state index contributed by atoms with van der Waals surface area (Å²) >= 11 is 6.11. The normalized spacial score (nSPS) is 16.5. The first kappa shape index (κ1) is 23.0. The van der Waals surface area contributed by atoms with Crippen molar-refractivity contribution in [2.24, 2.45) is 0 Å². The minimum Gasteiger partial charge on any atom is -0.357 e. The Morgan fingerprint density at radius 2 is 1.84 bits per heavy atom. The third-order valence-electron chi connectivity index (χ3n) is 5.62. The zero-order valence-corrected chi connectivity index (χ0v) is 19.3. The van der Waals surface area contributed by atoms with Gasteiger partial charge in [0, 0.05) is 52.2 Å². The lowest BCUT2D eigenvalue weighted by atomic mass is 9.99. The molecule has 1 fully saturated rings. The molecule has 0 spiro atoms. The highest BCUT2D eigenvalue weighted by Gasteiger charge is 2.37. The molecule has 1 saturated heterocycles. The van der Waals surface area contributed by atoms with Gasteiger partial charge in [0.2, 0.25) is 0 Å². The van der Waals surface area contributed by atoms with Crippen molar-refractivity contribution in [1.82, 2.24) is 9.88 Å². The Hall–Kier alpha value is -2.22. The molecule has 0 bridgehead atoms. The molecule has 1 aliphatic rings. The molecule has 2 aromatic carbocycles. The topological polar surface area (TPSA) is 19.4 Å². The molecule has 0 N–H and O–H groups in total. The molecule has 0 amide bonds. The van der Waals surface area contributed by atoms with Crippen LogP contribution in [0.4, 0.5) is 18.9 Å². The Balaban J connectivity index is 1.53. The van der Waals surface area contributed by atoms with E-state index < -0.39 is 5.51 Å². The molecule has 3 aromatic rings. The molecule has 2 heterocycles. The lowest BCUT2D eigenvalue weighted by molar-refractivity contribution is -0.0328. The van der Waals surface area contributed by atoms with Crippen LogP contribution < -0.4 is 4.90 Å². The molecule has 3 nitrogen and oxygen atoms in total. The summed E-state index contributed by atoms with van der Waals surface area (Å²) < 4.78 is 37.8. The van der Waals surface area contributed by atoms with Crippen molar-refractivity contribution in [1.29, 1.82) is 0 Å². The number of nitrogens with zero attached hydrogens (tertiary/aromatic N) is 3. The standard InChI is InChI=1S/C24H23ClF3N3S/c1-23(2)15-30(20-6-8-21(9-7-20)32-24(26,27)28)16-31(23)14-18-10-11-29-13-22(18)17-4-3-5-19(25)12-17/h3-13H,14-16H2,1-2H3. The van der Waals surface area contributed by atoms with E-state index in [0.29, 0.717) is 11.7 Å². The molecule has 32 heavy (non-hydrogen) atoms. The van der Waals surface area contributed by atoms with Gasteiger partial charge in [0.15, 0.2) is 0 Å². The van der Waals surface area contributed by atoms with Gasteiger partial charge in [0.25, 0.3) is 0 Å². The summed E-state index contributed by atoms with van der Waals surface area (Å²) in [6.07, 6.45) is 3.65. The number of hydrogen-bond acceptors (Lipinski definition) is 4. The first-order chi connectivity index (χ1) is 15.1. The number of thioether (sulfide) groups is 1. The summed E-state index contributed by atoms with van der Waals surface area (Å²) in [5.41, 5.74) is -0.274. The second-order valence-electron chi connectivity index (χ2n) is 8.43. The molecular weight excluding hydrogens is 455 g/mol. The number of rotatable bonds is 5. The van der Waals surface area contributed by atoms with Crippen molar-refractivity contribution < 1.29 is 13.2 Å².